The minimum absolute atomic E-state index is 0.373. The molecule has 1 saturated carbocycles. The van der Waals surface area contributed by atoms with Gasteiger partial charge in [0.2, 0.25) is 10.0 Å². The number of nitrogens with zero attached hydrogens (tertiary/aromatic N) is 1. The summed E-state index contributed by atoms with van der Waals surface area (Å²) >= 11 is 0. The molecule has 0 spiro atoms. The maximum absolute atomic E-state index is 12.4. The molecule has 0 aromatic carbocycles. The van der Waals surface area contributed by atoms with Crippen molar-refractivity contribution in [3.8, 4) is 0 Å². The maximum Gasteiger partial charge on any atom is 0.242 e. The summed E-state index contributed by atoms with van der Waals surface area (Å²) in [6.07, 6.45) is 5.14. The average molecular weight is 313 g/mol. The van der Waals surface area contributed by atoms with Gasteiger partial charge >= 0.3 is 0 Å². The summed E-state index contributed by atoms with van der Waals surface area (Å²) in [5.74, 6) is 0. The van der Waals surface area contributed by atoms with E-state index in [1.165, 1.54) is 0 Å². The summed E-state index contributed by atoms with van der Waals surface area (Å²) in [5.41, 5.74) is 0.585. The Morgan fingerprint density at radius 1 is 1.33 bits per heavy atom. The zero-order valence-corrected chi connectivity index (χ0v) is 14.3. The van der Waals surface area contributed by atoms with Crippen molar-refractivity contribution in [3.05, 3.63) is 18.0 Å². The molecule has 0 saturated heterocycles. The lowest BCUT2D eigenvalue weighted by atomic mass is 10.1. The molecule has 2 rings (SSSR count). The molecule has 1 aromatic rings. The van der Waals surface area contributed by atoms with Crippen LogP contribution in [0.1, 0.15) is 58.7 Å². The third kappa shape index (κ3) is 4.56. The van der Waals surface area contributed by atoms with Crippen LogP contribution in [0.4, 0.5) is 0 Å². The summed E-state index contributed by atoms with van der Waals surface area (Å²) in [7, 11) is -3.45. The average Bonchev–Trinajstić information content (AvgIpc) is 3.07. The highest BCUT2D eigenvalue weighted by molar-refractivity contribution is 7.89. The molecular weight excluding hydrogens is 286 g/mol. The van der Waals surface area contributed by atoms with Crippen LogP contribution >= 0.6 is 0 Å². The Labute approximate surface area is 128 Å². The molecule has 0 radical (unpaired) electrons. The predicted octanol–water partition coefficient (Wildman–Crippen LogP) is 2.40. The lowest BCUT2D eigenvalue weighted by Gasteiger charge is -2.19. The normalized spacial score (nSPS) is 16.4. The Bertz CT molecular complexity index is 581. The van der Waals surface area contributed by atoms with Gasteiger partial charge in [-0.3, -0.25) is 0 Å². The van der Waals surface area contributed by atoms with E-state index in [9.17, 15) is 8.42 Å². The predicted molar refractivity (Wildman–Crippen MR) is 84.8 cm³/mol. The molecule has 1 heterocycles. The molecule has 5 nitrogen and oxygen atoms in total. The van der Waals surface area contributed by atoms with Crippen molar-refractivity contribution < 1.29 is 8.42 Å². The van der Waals surface area contributed by atoms with Crippen molar-refractivity contribution in [2.24, 2.45) is 0 Å². The largest absolute Gasteiger partial charge is 0.346 e. The van der Waals surface area contributed by atoms with Crippen molar-refractivity contribution in [1.29, 1.82) is 0 Å². The van der Waals surface area contributed by atoms with Gasteiger partial charge in [0, 0.05) is 30.0 Å². The highest BCUT2D eigenvalue weighted by Gasteiger charge is 2.29. The van der Waals surface area contributed by atoms with Crippen LogP contribution in [0.25, 0.3) is 0 Å². The zero-order chi connectivity index (χ0) is 15.7. The van der Waals surface area contributed by atoms with E-state index in [1.807, 2.05) is 20.8 Å². The van der Waals surface area contributed by atoms with Crippen molar-refractivity contribution in [2.45, 2.75) is 70.0 Å². The van der Waals surface area contributed by atoms with E-state index in [1.54, 1.807) is 12.3 Å². The molecular formula is C15H27N3O2S. The minimum atomic E-state index is -3.45. The highest BCUT2D eigenvalue weighted by atomic mass is 32.2. The van der Waals surface area contributed by atoms with Gasteiger partial charge in [-0.1, -0.05) is 6.92 Å². The fourth-order valence-electron chi connectivity index (χ4n) is 2.33. The third-order valence-electron chi connectivity index (χ3n) is 3.33. The van der Waals surface area contributed by atoms with Crippen molar-refractivity contribution in [2.75, 3.05) is 6.54 Å². The van der Waals surface area contributed by atoms with Gasteiger partial charge in [0.05, 0.1) is 4.90 Å². The van der Waals surface area contributed by atoms with Crippen LogP contribution in [0, 0.1) is 0 Å². The van der Waals surface area contributed by atoms with Crippen LogP contribution in [-0.4, -0.2) is 25.1 Å². The summed E-state index contributed by atoms with van der Waals surface area (Å²) in [4.78, 5) is 0.373. The fourth-order valence-corrected chi connectivity index (χ4v) is 3.80. The van der Waals surface area contributed by atoms with Gasteiger partial charge in [0.25, 0.3) is 0 Å². The van der Waals surface area contributed by atoms with Crippen LogP contribution in [0.15, 0.2) is 17.2 Å². The van der Waals surface area contributed by atoms with E-state index in [-0.39, 0.29) is 0 Å². The molecule has 0 bridgehead atoms. The molecule has 2 N–H and O–H groups in total. The first-order chi connectivity index (χ1) is 9.73. The third-order valence-corrected chi connectivity index (χ3v) is 5.06. The number of hydrogen-bond acceptors (Lipinski definition) is 3. The van der Waals surface area contributed by atoms with E-state index in [4.69, 9.17) is 0 Å². The Morgan fingerprint density at radius 2 is 2.00 bits per heavy atom. The van der Waals surface area contributed by atoms with Crippen LogP contribution in [-0.2, 0) is 16.6 Å². The van der Waals surface area contributed by atoms with Crippen LogP contribution in [0.5, 0.6) is 0 Å². The number of nitrogens with one attached hydrogen (secondary N) is 2. The second kappa shape index (κ2) is 6.10. The second-order valence-corrected chi connectivity index (χ2v) is 8.52. The van der Waals surface area contributed by atoms with Crippen LogP contribution in [0.3, 0.4) is 0 Å². The molecule has 1 aromatic heterocycles. The molecule has 0 amide bonds. The molecule has 0 aliphatic heterocycles. The molecule has 6 heteroatoms. The summed E-state index contributed by atoms with van der Waals surface area (Å²) in [6, 6.07) is 2.27. The SMILES string of the molecule is CCCNCc1cc(S(=O)(=O)NC(C)(C)C)cn1C1CC1. The summed E-state index contributed by atoms with van der Waals surface area (Å²) in [6.45, 7) is 9.34. The topological polar surface area (TPSA) is 63.1 Å². The van der Waals surface area contributed by atoms with Gasteiger partial charge in [0.15, 0.2) is 0 Å². The fraction of sp³-hybridized carbons (Fsp3) is 0.733. The van der Waals surface area contributed by atoms with Gasteiger partial charge in [-0.2, -0.15) is 0 Å². The molecule has 1 fully saturated rings. The zero-order valence-electron chi connectivity index (χ0n) is 13.4. The van der Waals surface area contributed by atoms with Gasteiger partial charge in [-0.05, 0) is 52.6 Å². The Kier molecular flexibility index (Phi) is 4.80. The standard InChI is InChI=1S/C15H27N3O2S/c1-5-8-16-10-13-9-14(11-18(13)12-6-7-12)21(19,20)17-15(2,3)4/h9,11-12,16-17H,5-8,10H2,1-4H3. The molecule has 120 valence electrons. The van der Waals surface area contributed by atoms with E-state index < -0.39 is 15.6 Å². The first-order valence-electron chi connectivity index (χ1n) is 7.68. The first-order valence-corrected chi connectivity index (χ1v) is 9.17. The Balaban J connectivity index is 2.22. The molecule has 0 unspecified atom stereocenters. The van der Waals surface area contributed by atoms with Crippen LogP contribution < -0.4 is 10.0 Å². The van der Waals surface area contributed by atoms with Gasteiger partial charge in [0.1, 0.15) is 0 Å². The van der Waals surface area contributed by atoms with Crippen molar-refractivity contribution in [3.63, 3.8) is 0 Å². The molecule has 0 atom stereocenters. The van der Waals surface area contributed by atoms with E-state index in [0.29, 0.717) is 10.9 Å². The number of sulfonamides is 1. The van der Waals surface area contributed by atoms with Gasteiger partial charge in [-0.15, -0.1) is 0 Å². The second-order valence-electron chi connectivity index (χ2n) is 6.84. The van der Waals surface area contributed by atoms with Gasteiger partial charge in [-0.25, -0.2) is 13.1 Å². The Hall–Kier alpha value is -0.850. The first kappa shape index (κ1) is 16.5. The van der Waals surface area contributed by atoms with E-state index >= 15 is 0 Å². The lowest BCUT2D eigenvalue weighted by Crippen LogP contribution is -2.40. The highest BCUT2D eigenvalue weighted by Crippen LogP contribution is 2.37. The van der Waals surface area contributed by atoms with Crippen LogP contribution in [0.2, 0.25) is 0 Å². The minimum Gasteiger partial charge on any atom is -0.346 e. The Morgan fingerprint density at radius 3 is 2.52 bits per heavy atom. The lowest BCUT2D eigenvalue weighted by molar-refractivity contribution is 0.491. The molecule has 1 aliphatic rings. The van der Waals surface area contributed by atoms with Crippen molar-refractivity contribution >= 4 is 10.0 Å². The monoisotopic (exact) mass is 313 g/mol. The maximum atomic E-state index is 12.4. The summed E-state index contributed by atoms with van der Waals surface area (Å²) < 4.78 is 29.7. The molecule has 21 heavy (non-hydrogen) atoms. The number of aromatic nitrogens is 1. The van der Waals surface area contributed by atoms with Crippen molar-refractivity contribution in [1.82, 2.24) is 14.6 Å². The van der Waals surface area contributed by atoms with E-state index in [0.717, 1.165) is 38.0 Å². The smallest absolute Gasteiger partial charge is 0.242 e. The van der Waals surface area contributed by atoms with E-state index in [2.05, 4.69) is 21.5 Å². The number of hydrogen-bond donors (Lipinski definition) is 2. The number of rotatable bonds is 7. The quantitative estimate of drug-likeness (QED) is 0.760. The van der Waals surface area contributed by atoms with Gasteiger partial charge < -0.3 is 9.88 Å². The molecule has 1 aliphatic carbocycles. The summed E-state index contributed by atoms with van der Waals surface area (Å²) in [5, 5.41) is 3.35.